The Hall–Kier alpha value is -1.36. The first-order chi connectivity index (χ1) is 7.41. The van der Waals surface area contributed by atoms with E-state index in [1.165, 1.54) is 4.90 Å². The average Bonchev–Trinajstić information content (AvgIpc) is 2.64. The molecule has 16 heavy (non-hydrogen) atoms. The average molecular weight is 227 g/mol. The van der Waals surface area contributed by atoms with E-state index < -0.39 is 18.2 Å². The smallest absolute Gasteiger partial charge is 0.332 e. The Kier molecular flexibility index (Phi) is 4.06. The molecule has 0 radical (unpaired) electrons. The molecule has 1 fully saturated rings. The molecule has 0 aromatic rings. The molecule has 5 nitrogen and oxygen atoms in total. The maximum atomic E-state index is 11.8. The fourth-order valence-corrected chi connectivity index (χ4v) is 1.73. The maximum absolute atomic E-state index is 11.8. The summed E-state index contributed by atoms with van der Waals surface area (Å²) in [6.07, 6.45) is -0.596. The number of nitrogens with zero attached hydrogens (tertiary/aromatic N) is 1. The molecule has 0 spiro atoms. The molecule has 0 aromatic heterocycles. The number of carbonyl (C=O) groups is 2. The summed E-state index contributed by atoms with van der Waals surface area (Å²) >= 11 is 0. The SMILES string of the molecule is C=C(C)CN(C)C(=O)C1CCC(C(=O)O)O1. The van der Waals surface area contributed by atoms with Gasteiger partial charge in [-0.25, -0.2) is 4.79 Å². The van der Waals surface area contributed by atoms with Crippen molar-refractivity contribution in [3.8, 4) is 0 Å². The number of hydrogen-bond acceptors (Lipinski definition) is 3. The lowest BCUT2D eigenvalue weighted by molar-refractivity contribution is -0.154. The number of likely N-dealkylation sites (N-methyl/N-ethyl adjacent to an activating group) is 1. The minimum Gasteiger partial charge on any atom is -0.479 e. The second-order valence-corrected chi connectivity index (χ2v) is 4.18. The number of carbonyl (C=O) groups excluding carboxylic acids is 1. The van der Waals surface area contributed by atoms with Gasteiger partial charge in [0.2, 0.25) is 0 Å². The maximum Gasteiger partial charge on any atom is 0.332 e. The molecule has 1 rings (SSSR count). The summed E-state index contributed by atoms with van der Waals surface area (Å²) in [4.78, 5) is 24.0. The highest BCUT2D eigenvalue weighted by atomic mass is 16.5. The van der Waals surface area contributed by atoms with Gasteiger partial charge < -0.3 is 14.7 Å². The molecule has 1 amide bonds. The van der Waals surface area contributed by atoms with Crippen molar-refractivity contribution in [1.82, 2.24) is 4.90 Å². The van der Waals surface area contributed by atoms with E-state index in [2.05, 4.69) is 6.58 Å². The van der Waals surface area contributed by atoms with Gasteiger partial charge in [-0.2, -0.15) is 0 Å². The van der Waals surface area contributed by atoms with Gasteiger partial charge in [-0.3, -0.25) is 4.79 Å². The molecule has 0 saturated carbocycles. The quantitative estimate of drug-likeness (QED) is 0.716. The van der Waals surface area contributed by atoms with Crippen LogP contribution < -0.4 is 0 Å². The highest BCUT2D eigenvalue weighted by molar-refractivity contribution is 5.82. The van der Waals surface area contributed by atoms with Crippen LogP contribution in [-0.4, -0.2) is 47.7 Å². The first kappa shape index (κ1) is 12.7. The van der Waals surface area contributed by atoms with E-state index in [9.17, 15) is 9.59 Å². The Bertz CT molecular complexity index is 313. The number of carboxylic acids is 1. The highest BCUT2D eigenvalue weighted by Gasteiger charge is 2.35. The molecule has 2 atom stereocenters. The van der Waals surface area contributed by atoms with Crippen LogP contribution in [0.2, 0.25) is 0 Å². The summed E-state index contributed by atoms with van der Waals surface area (Å²) in [7, 11) is 1.66. The summed E-state index contributed by atoms with van der Waals surface area (Å²) < 4.78 is 5.17. The van der Waals surface area contributed by atoms with Crippen molar-refractivity contribution in [2.75, 3.05) is 13.6 Å². The second-order valence-electron chi connectivity index (χ2n) is 4.18. The van der Waals surface area contributed by atoms with Crippen molar-refractivity contribution < 1.29 is 19.4 Å². The van der Waals surface area contributed by atoms with Gasteiger partial charge in [0.05, 0.1) is 0 Å². The topological polar surface area (TPSA) is 66.8 Å². The van der Waals surface area contributed by atoms with Gasteiger partial charge in [0.15, 0.2) is 6.10 Å². The van der Waals surface area contributed by atoms with E-state index in [4.69, 9.17) is 9.84 Å². The van der Waals surface area contributed by atoms with Gasteiger partial charge in [-0.1, -0.05) is 12.2 Å². The van der Waals surface area contributed by atoms with Crippen LogP contribution >= 0.6 is 0 Å². The predicted octanol–water partition coefficient (Wildman–Crippen LogP) is 0.653. The lowest BCUT2D eigenvalue weighted by Crippen LogP contribution is -2.37. The Morgan fingerprint density at radius 1 is 1.44 bits per heavy atom. The molecule has 1 N–H and O–H groups in total. The van der Waals surface area contributed by atoms with E-state index in [-0.39, 0.29) is 5.91 Å². The van der Waals surface area contributed by atoms with Crippen LogP contribution in [0.5, 0.6) is 0 Å². The van der Waals surface area contributed by atoms with Gasteiger partial charge in [-0.15, -0.1) is 0 Å². The third-order valence-electron chi connectivity index (χ3n) is 2.45. The zero-order chi connectivity index (χ0) is 12.3. The summed E-state index contributed by atoms with van der Waals surface area (Å²) in [5.74, 6) is -1.18. The zero-order valence-electron chi connectivity index (χ0n) is 9.60. The number of aliphatic carboxylic acids is 1. The number of rotatable bonds is 4. The second kappa shape index (κ2) is 5.12. The first-order valence-corrected chi connectivity index (χ1v) is 5.19. The fourth-order valence-electron chi connectivity index (χ4n) is 1.73. The Morgan fingerprint density at radius 3 is 2.44 bits per heavy atom. The van der Waals surface area contributed by atoms with E-state index >= 15 is 0 Å². The van der Waals surface area contributed by atoms with Crippen LogP contribution in [0.4, 0.5) is 0 Å². The van der Waals surface area contributed by atoms with E-state index in [1.54, 1.807) is 7.05 Å². The molecular weight excluding hydrogens is 210 g/mol. The summed E-state index contributed by atoms with van der Waals surface area (Å²) in [6, 6.07) is 0. The molecule has 2 unspecified atom stereocenters. The molecule has 1 heterocycles. The number of carboxylic acid groups (broad SMARTS) is 1. The monoisotopic (exact) mass is 227 g/mol. The van der Waals surface area contributed by atoms with Gasteiger partial charge in [-0.05, 0) is 19.8 Å². The standard InChI is InChI=1S/C11H17NO4/c1-7(2)6-12(3)10(13)8-4-5-9(16-8)11(14)15/h8-9H,1,4-6H2,2-3H3,(H,14,15). The summed E-state index contributed by atoms with van der Waals surface area (Å²) in [5, 5.41) is 8.73. The molecular formula is C11H17NO4. The van der Waals surface area contributed by atoms with Crippen LogP contribution in [0.15, 0.2) is 12.2 Å². The number of ether oxygens (including phenoxy) is 1. The minimum atomic E-state index is -1.00. The number of hydrogen-bond donors (Lipinski definition) is 1. The van der Waals surface area contributed by atoms with Crippen molar-refractivity contribution in [2.45, 2.75) is 32.0 Å². The molecule has 0 aliphatic carbocycles. The Balaban J connectivity index is 2.50. The van der Waals surface area contributed by atoms with Crippen molar-refractivity contribution in [3.63, 3.8) is 0 Å². The molecule has 1 saturated heterocycles. The van der Waals surface area contributed by atoms with Crippen LogP contribution in [0.1, 0.15) is 19.8 Å². The highest BCUT2D eigenvalue weighted by Crippen LogP contribution is 2.21. The molecule has 1 aliphatic rings. The molecule has 1 aliphatic heterocycles. The largest absolute Gasteiger partial charge is 0.479 e. The van der Waals surface area contributed by atoms with Crippen molar-refractivity contribution in [3.05, 3.63) is 12.2 Å². The molecule has 5 heteroatoms. The summed E-state index contributed by atoms with van der Waals surface area (Å²) in [6.45, 7) is 6.02. The molecule has 0 bridgehead atoms. The number of amides is 1. The predicted molar refractivity (Wildman–Crippen MR) is 58.0 cm³/mol. The lowest BCUT2D eigenvalue weighted by Gasteiger charge is -2.20. The van der Waals surface area contributed by atoms with Crippen LogP contribution in [0, 0.1) is 0 Å². The lowest BCUT2D eigenvalue weighted by atomic mass is 10.2. The van der Waals surface area contributed by atoms with Crippen molar-refractivity contribution >= 4 is 11.9 Å². The zero-order valence-corrected chi connectivity index (χ0v) is 9.60. The van der Waals surface area contributed by atoms with E-state index in [1.807, 2.05) is 6.92 Å². The Morgan fingerprint density at radius 2 is 2.00 bits per heavy atom. The third kappa shape index (κ3) is 3.06. The van der Waals surface area contributed by atoms with Gasteiger partial charge in [0, 0.05) is 13.6 Å². The Labute approximate surface area is 94.7 Å². The van der Waals surface area contributed by atoms with Crippen molar-refractivity contribution in [1.29, 1.82) is 0 Å². The molecule has 90 valence electrons. The fraction of sp³-hybridized carbons (Fsp3) is 0.636. The minimum absolute atomic E-state index is 0.174. The summed E-state index contributed by atoms with van der Waals surface area (Å²) in [5.41, 5.74) is 0.878. The van der Waals surface area contributed by atoms with Gasteiger partial charge in [0.25, 0.3) is 5.91 Å². The van der Waals surface area contributed by atoms with Gasteiger partial charge >= 0.3 is 5.97 Å². The molecule has 0 aromatic carbocycles. The first-order valence-electron chi connectivity index (χ1n) is 5.19. The van der Waals surface area contributed by atoms with Crippen LogP contribution in [0.3, 0.4) is 0 Å². The van der Waals surface area contributed by atoms with Crippen LogP contribution in [0.25, 0.3) is 0 Å². The van der Waals surface area contributed by atoms with E-state index in [0.29, 0.717) is 19.4 Å². The van der Waals surface area contributed by atoms with Gasteiger partial charge in [0.1, 0.15) is 6.10 Å². The normalized spacial score (nSPS) is 24.1. The van der Waals surface area contributed by atoms with Crippen LogP contribution in [-0.2, 0) is 14.3 Å². The van der Waals surface area contributed by atoms with Crippen molar-refractivity contribution in [2.24, 2.45) is 0 Å². The third-order valence-corrected chi connectivity index (χ3v) is 2.45. The van der Waals surface area contributed by atoms with E-state index in [0.717, 1.165) is 5.57 Å².